The number of carboxylic acid groups (broad SMARTS) is 1. The standard InChI is InChI=1S/C13H20O2/c1-5-10-7-8-13(4,6-2)11(9(10)3)12(14)15/h7-8,11H,5-6H2,1-4H3,(H,14,15). The molecule has 0 aromatic rings. The SMILES string of the molecule is CCC1=C(C)C(C(=O)O)C(C)(CC)C=C1. The lowest BCUT2D eigenvalue weighted by atomic mass is 9.67. The summed E-state index contributed by atoms with van der Waals surface area (Å²) in [5, 5.41) is 9.32. The molecule has 2 heteroatoms. The fourth-order valence-electron chi connectivity index (χ4n) is 2.38. The number of hydrogen-bond donors (Lipinski definition) is 1. The molecule has 0 aliphatic heterocycles. The van der Waals surface area contributed by atoms with Crippen molar-refractivity contribution in [1.29, 1.82) is 0 Å². The van der Waals surface area contributed by atoms with Gasteiger partial charge in [0.1, 0.15) is 0 Å². The molecular weight excluding hydrogens is 188 g/mol. The van der Waals surface area contributed by atoms with Crippen LogP contribution in [0.4, 0.5) is 0 Å². The van der Waals surface area contributed by atoms with Crippen molar-refractivity contribution in [3.63, 3.8) is 0 Å². The van der Waals surface area contributed by atoms with Gasteiger partial charge in [-0.05, 0) is 25.3 Å². The van der Waals surface area contributed by atoms with Gasteiger partial charge in [-0.2, -0.15) is 0 Å². The Morgan fingerprint density at radius 2 is 2.13 bits per heavy atom. The van der Waals surface area contributed by atoms with Crippen LogP contribution in [0.2, 0.25) is 0 Å². The summed E-state index contributed by atoms with van der Waals surface area (Å²) in [5.41, 5.74) is 1.97. The van der Waals surface area contributed by atoms with Gasteiger partial charge in [0.2, 0.25) is 0 Å². The molecule has 2 atom stereocenters. The molecule has 1 aliphatic rings. The predicted molar refractivity (Wildman–Crippen MR) is 61.7 cm³/mol. The Kier molecular flexibility index (Phi) is 3.38. The smallest absolute Gasteiger partial charge is 0.311 e. The summed E-state index contributed by atoms with van der Waals surface area (Å²) in [7, 11) is 0. The van der Waals surface area contributed by atoms with E-state index >= 15 is 0 Å². The molecule has 0 saturated heterocycles. The van der Waals surface area contributed by atoms with Crippen LogP contribution in [-0.4, -0.2) is 11.1 Å². The maximum absolute atomic E-state index is 11.3. The monoisotopic (exact) mass is 208 g/mol. The molecule has 15 heavy (non-hydrogen) atoms. The van der Waals surface area contributed by atoms with Crippen molar-refractivity contribution in [2.75, 3.05) is 0 Å². The first-order valence-corrected chi connectivity index (χ1v) is 5.58. The minimum Gasteiger partial charge on any atom is -0.481 e. The highest BCUT2D eigenvalue weighted by molar-refractivity contribution is 5.76. The van der Waals surface area contributed by atoms with Gasteiger partial charge >= 0.3 is 5.97 Å². The summed E-state index contributed by atoms with van der Waals surface area (Å²) in [6.45, 7) is 8.09. The Labute approximate surface area is 91.7 Å². The zero-order valence-electron chi connectivity index (χ0n) is 10.0. The van der Waals surface area contributed by atoms with Crippen LogP contribution in [0.3, 0.4) is 0 Å². The molecule has 1 aliphatic carbocycles. The van der Waals surface area contributed by atoms with E-state index in [2.05, 4.69) is 19.1 Å². The van der Waals surface area contributed by atoms with Crippen LogP contribution < -0.4 is 0 Å². The Bertz CT molecular complexity index is 325. The third-order valence-electron chi connectivity index (χ3n) is 3.65. The third kappa shape index (κ3) is 1.99. The van der Waals surface area contributed by atoms with Gasteiger partial charge in [0.15, 0.2) is 0 Å². The van der Waals surface area contributed by atoms with E-state index in [1.165, 1.54) is 5.57 Å². The van der Waals surface area contributed by atoms with E-state index in [0.29, 0.717) is 0 Å². The van der Waals surface area contributed by atoms with Crippen molar-refractivity contribution in [2.45, 2.75) is 40.5 Å². The molecule has 0 aromatic heterocycles. The number of hydrogen-bond acceptors (Lipinski definition) is 1. The highest BCUT2D eigenvalue weighted by Crippen LogP contribution is 2.42. The van der Waals surface area contributed by atoms with Gasteiger partial charge < -0.3 is 5.11 Å². The zero-order valence-corrected chi connectivity index (χ0v) is 10.0. The average molecular weight is 208 g/mol. The molecule has 0 amide bonds. The fraction of sp³-hybridized carbons (Fsp3) is 0.615. The van der Waals surface area contributed by atoms with Crippen LogP contribution in [0.1, 0.15) is 40.5 Å². The molecule has 0 saturated carbocycles. The van der Waals surface area contributed by atoms with E-state index in [4.69, 9.17) is 0 Å². The molecule has 2 unspecified atom stereocenters. The maximum atomic E-state index is 11.3. The molecule has 0 fully saturated rings. The molecular formula is C13H20O2. The average Bonchev–Trinajstić information content (AvgIpc) is 2.17. The normalized spacial score (nSPS) is 30.8. The van der Waals surface area contributed by atoms with E-state index < -0.39 is 5.97 Å². The van der Waals surface area contributed by atoms with Gasteiger partial charge in [0, 0.05) is 5.41 Å². The van der Waals surface area contributed by atoms with Crippen molar-refractivity contribution >= 4 is 5.97 Å². The Hall–Kier alpha value is -1.05. The number of aliphatic carboxylic acids is 1. The summed E-state index contributed by atoms with van der Waals surface area (Å²) < 4.78 is 0. The highest BCUT2D eigenvalue weighted by atomic mass is 16.4. The highest BCUT2D eigenvalue weighted by Gasteiger charge is 2.39. The minimum absolute atomic E-state index is 0.228. The lowest BCUT2D eigenvalue weighted by Crippen LogP contribution is -2.34. The molecule has 0 spiro atoms. The molecule has 2 nitrogen and oxygen atoms in total. The van der Waals surface area contributed by atoms with Gasteiger partial charge in [-0.1, -0.05) is 38.5 Å². The van der Waals surface area contributed by atoms with Gasteiger partial charge in [0.05, 0.1) is 5.92 Å². The second-order valence-electron chi connectivity index (χ2n) is 4.53. The van der Waals surface area contributed by atoms with Crippen LogP contribution in [-0.2, 0) is 4.79 Å². The number of allylic oxidation sites excluding steroid dienone is 3. The van der Waals surface area contributed by atoms with E-state index in [9.17, 15) is 9.90 Å². The molecule has 84 valence electrons. The quantitative estimate of drug-likeness (QED) is 0.771. The number of rotatable bonds is 3. The van der Waals surface area contributed by atoms with Gasteiger partial charge in [-0.25, -0.2) is 0 Å². The first-order chi connectivity index (χ1) is 6.96. The Morgan fingerprint density at radius 1 is 1.53 bits per heavy atom. The zero-order chi connectivity index (χ0) is 11.6. The lowest BCUT2D eigenvalue weighted by molar-refractivity contribution is -0.143. The fourth-order valence-corrected chi connectivity index (χ4v) is 2.38. The molecule has 0 radical (unpaired) electrons. The van der Waals surface area contributed by atoms with E-state index in [0.717, 1.165) is 18.4 Å². The van der Waals surface area contributed by atoms with Gasteiger partial charge in [-0.15, -0.1) is 0 Å². The maximum Gasteiger partial charge on any atom is 0.311 e. The van der Waals surface area contributed by atoms with Gasteiger partial charge in [0.25, 0.3) is 0 Å². The molecule has 1 N–H and O–H groups in total. The van der Waals surface area contributed by atoms with Crippen LogP contribution in [0.25, 0.3) is 0 Å². The van der Waals surface area contributed by atoms with Crippen molar-refractivity contribution in [3.8, 4) is 0 Å². The summed E-state index contributed by atoms with van der Waals surface area (Å²) in [5.74, 6) is -1.06. The largest absolute Gasteiger partial charge is 0.481 e. The van der Waals surface area contributed by atoms with Crippen LogP contribution in [0.5, 0.6) is 0 Å². The second-order valence-corrected chi connectivity index (χ2v) is 4.53. The van der Waals surface area contributed by atoms with Crippen LogP contribution in [0, 0.1) is 11.3 Å². The Morgan fingerprint density at radius 3 is 2.53 bits per heavy atom. The summed E-state index contributed by atoms with van der Waals surface area (Å²) in [6.07, 6.45) is 5.93. The van der Waals surface area contributed by atoms with Gasteiger partial charge in [-0.3, -0.25) is 4.79 Å². The molecule has 0 aromatic carbocycles. The van der Waals surface area contributed by atoms with Crippen LogP contribution in [0.15, 0.2) is 23.3 Å². The van der Waals surface area contributed by atoms with E-state index in [1.54, 1.807) is 0 Å². The minimum atomic E-state index is -0.702. The van der Waals surface area contributed by atoms with Crippen molar-refractivity contribution in [2.24, 2.45) is 11.3 Å². The van der Waals surface area contributed by atoms with E-state index in [-0.39, 0.29) is 11.3 Å². The summed E-state index contributed by atoms with van der Waals surface area (Å²) in [6, 6.07) is 0. The topological polar surface area (TPSA) is 37.3 Å². The third-order valence-corrected chi connectivity index (χ3v) is 3.65. The number of carbonyl (C=O) groups is 1. The van der Waals surface area contributed by atoms with Crippen LogP contribution >= 0.6 is 0 Å². The second kappa shape index (κ2) is 4.21. The lowest BCUT2D eigenvalue weighted by Gasteiger charge is -2.36. The van der Waals surface area contributed by atoms with Crippen molar-refractivity contribution in [1.82, 2.24) is 0 Å². The Balaban J connectivity index is 3.19. The summed E-state index contributed by atoms with van der Waals surface area (Å²) in [4.78, 5) is 11.3. The van der Waals surface area contributed by atoms with E-state index in [1.807, 2.05) is 20.8 Å². The molecule has 0 bridgehead atoms. The number of carboxylic acids is 1. The van der Waals surface area contributed by atoms with Crippen molar-refractivity contribution < 1.29 is 9.90 Å². The predicted octanol–water partition coefficient (Wildman–Crippen LogP) is 3.40. The summed E-state index contributed by atoms with van der Waals surface area (Å²) >= 11 is 0. The molecule has 1 rings (SSSR count). The first-order valence-electron chi connectivity index (χ1n) is 5.58. The molecule has 0 heterocycles. The van der Waals surface area contributed by atoms with Crippen molar-refractivity contribution in [3.05, 3.63) is 23.3 Å². The first kappa shape index (κ1) is 12.0.